The molecular weight excluding hydrogens is 520 g/mol. The summed E-state index contributed by atoms with van der Waals surface area (Å²) >= 11 is 0. The van der Waals surface area contributed by atoms with E-state index in [4.69, 9.17) is 10.9 Å². The molecule has 2 atom stereocenters. The van der Waals surface area contributed by atoms with Crippen LogP contribution in [0.25, 0.3) is 33.5 Å². The second-order valence-electron chi connectivity index (χ2n) is 8.97. The van der Waals surface area contributed by atoms with E-state index in [1.807, 2.05) is 13.0 Å². The Bertz CT molecular complexity index is 1660. The highest BCUT2D eigenvalue weighted by molar-refractivity contribution is 7.92. The molecule has 1 aliphatic rings. The molecule has 0 unspecified atom stereocenters. The second kappa shape index (κ2) is 9.55. The first kappa shape index (κ1) is 25.4. The molecule has 1 saturated heterocycles. The molecule has 1 aliphatic heterocycles. The number of nitrogens with one attached hydrogen (secondary N) is 4. The SMILES string of the molecule is C[C@H](N)Cc1nc2c(-c3ccc(S(=O)(=O)N[C@@H]4CCNC4)c(S(N)(=O)=O)c3-c3nn[nH]n3)cccc2[nH]1. The number of para-hydroxylation sites is 1. The van der Waals surface area contributed by atoms with E-state index < -0.39 is 35.9 Å². The third kappa shape index (κ3) is 4.98. The van der Waals surface area contributed by atoms with Crippen molar-refractivity contribution in [3.05, 3.63) is 36.2 Å². The number of nitrogens with two attached hydrogens (primary N) is 2. The van der Waals surface area contributed by atoms with Crippen LogP contribution in [0.1, 0.15) is 19.2 Å². The molecule has 2 aromatic carbocycles. The topological polar surface area (TPSA) is 228 Å². The van der Waals surface area contributed by atoms with Crippen LogP contribution in [-0.4, -0.2) is 72.6 Å². The van der Waals surface area contributed by atoms with Crippen molar-refractivity contribution in [2.75, 3.05) is 13.1 Å². The molecule has 37 heavy (non-hydrogen) atoms. The molecule has 8 N–H and O–H groups in total. The number of imidazole rings is 1. The number of benzene rings is 2. The Kier molecular flexibility index (Phi) is 6.55. The molecular formula is C21H26N10O4S2. The highest BCUT2D eigenvalue weighted by atomic mass is 32.2. The molecule has 3 heterocycles. The Balaban J connectivity index is 1.78. The molecule has 0 bridgehead atoms. The molecule has 1 fully saturated rings. The lowest BCUT2D eigenvalue weighted by Gasteiger charge is -2.18. The first-order chi connectivity index (χ1) is 17.5. The molecule has 196 valence electrons. The number of H-pyrrole nitrogens is 2. The molecule has 4 aromatic rings. The molecule has 16 heteroatoms. The van der Waals surface area contributed by atoms with Gasteiger partial charge in [0.05, 0.1) is 16.6 Å². The van der Waals surface area contributed by atoms with Crippen LogP contribution in [0, 0.1) is 0 Å². The first-order valence-corrected chi connectivity index (χ1v) is 14.5. The van der Waals surface area contributed by atoms with Gasteiger partial charge in [-0.25, -0.2) is 31.7 Å². The zero-order valence-corrected chi connectivity index (χ0v) is 21.4. The van der Waals surface area contributed by atoms with Crippen LogP contribution in [0.5, 0.6) is 0 Å². The Labute approximate surface area is 212 Å². The summed E-state index contributed by atoms with van der Waals surface area (Å²) in [6, 6.07) is 7.51. The minimum atomic E-state index is -4.60. The fourth-order valence-corrected chi connectivity index (χ4v) is 7.38. The van der Waals surface area contributed by atoms with Crippen molar-refractivity contribution in [1.29, 1.82) is 0 Å². The number of hydrogen-bond donors (Lipinski definition) is 6. The van der Waals surface area contributed by atoms with Gasteiger partial charge in [0.15, 0.2) is 0 Å². The quantitative estimate of drug-likeness (QED) is 0.167. The number of tetrazole rings is 1. The van der Waals surface area contributed by atoms with E-state index in [1.165, 1.54) is 12.1 Å². The minimum Gasteiger partial charge on any atom is -0.342 e. The lowest BCUT2D eigenvalue weighted by molar-refractivity contribution is 0.555. The van der Waals surface area contributed by atoms with Crippen molar-refractivity contribution in [1.82, 2.24) is 40.6 Å². The van der Waals surface area contributed by atoms with Gasteiger partial charge < -0.3 is 16.0 Å². The lowest BCUT2D eigenvalue weighted by atomic mass is 9.98. The van der Waals surface area contributed by atoms with Crippen molar-refractivity contribution in [3.8, 4) is 22.5 Å². The van der Waals surface area contributed by atoms with Gasteiger partial charge in [-0.05, 0) is 42.8 Å². The predicted octanol–water partition coefficient (Wildman–Crippen LogP) is -0.413. The van der Waals surface area contributed by atoms with E-state index >= 15 is 0 Å². The zero-order chi connectivity index (χ0) is 26.4. The number of aromatic amines is 2. The summed E-state index contributed by atoms with van der Waals surface area (Å²) in [6.07, 6.45) is 1.05. The zero-order valence-electron chi connectivity index (χ0n) is 19.8. The smallest absolute Gasteiger partial charge is 0.242 e. The molecule has 14 nitrogen and oxygen atoms in total. The predicted molar refractivity (Wildman–Crippen MR) is 135 cm³/mol. The summed E-state index contributed by atoms with van der Waals surface area (Å²) in [5, 5.41) is 22.5. The largest absolute Gasteiger partial charge is 0.342 e. The molecule has 0 radical (unpaired) electrons. The van der Waals surface area contributed by atoms with Gasteiger partial charge >= 0.3 is 0 Å². The van der Waals surface area contributed by atoms with E-state index in [9.17, 15) is 16.8 Å². The highest BCUT2D eigenvalue weighted by Crippen LogP contribution is 2.40. The van der Waals surface area contributed by atoms with E-state index in [0.29, 0.717) is 53.9 Å². The van der Waals surface area contributed by atoms with Crippen LogP contribution < -0.4 is 20.9 Å². The Morgan fingerprint density at radius 3 is 2.62 bits per heavy atom. The molecule has 0 amide bonds. The van der Waals surface area contributed by atoms with Crippen LogP contribution in [0.2, 0.25) is 0 Å². The second-order valence-corrected chi connectivity index (χ2v) is 12.2. The first-order valence-electron chi connectivity index (χ1n) is 11.4. The van der Waals surface area contributed by atoms with Crippen LogP contribution in [0.4, 0.5) is 0 Å². The van der Waals surface area contributed by atoms with E-state index in [-0.39, 0.29) is 17.4 Å². The normalized spacial score (nSPS) is 17.4. The average molecular weight is 547 g/mol. The van der Waals surface area contributed by atoms with Crippen molar-refractivity contribution in [2.45, 2.75) is 41.6 Å². The lowest BCUT2D eigenvalue weighted by Crippen LogP contribution is -2.37. The summed E-state index contributed by atoms with van der Waals surface area (Å²) < 4.78 is 55.3. The van der Waals surface area contributed by atoms with Crippen molar-refractivity contribution in [3.63, 3.8) is 0 Å². The van der Waals surface area contributed by atoms with E-state index in [2.05, 4.69) is 40.6 Å². The van der Waals surface area contributed by atoms with Crippen LogP contribution in [-0.2, 0) is 26.5 Å². The number of nitrogens with zero attached hydrogens (tertiary/aromatic N) is 4. The van der Waals surface area contributed by atoms with E-state index in [1.54, 1.807) is 12.1 Å². The third-order valence-corrected chi connectivity index (χ3v) is 8.70. The minimum absolute atomic E-state index is 0.104. The van der Waals surface area contributed by atoms with Crippen molar-refractivity contribution < 1.29 is 16.8 Å². The summed E-state index contributed by atoms with van der Waals surface area (Å²) in [6.45, 7) is 2.92. The maximum absolute atomic E-state index is 13.4. The molecule has 0 saturated carbocycles. The van der Waals surface area contributed by atoms with Gasteiger partial charge in [-0.1, -0.05) is 18.2 Å². The molecule has 2 aromatic heterocycles. The van der Waals surface area contributed by atoms with Crippen LogP contribution >= 0.6 is 0 Å². The van der Waals surface area contributed by atoms with Gasteiger partial charge in [0.2, 0.25) is 25.9 Å². The number of fused-ring (bicyclic) bond motifs is 1. The number of hydrogen-bond acceptors (Lipinski definition) is 10. The van der Waals surface area contributed by atoms with Gasteiger partial charge in [-0.3, -0.25) is 0 Å². The molecule has 5 rings (SSSR count). The summed E-state index contributed by atoms with van der Waals surface area (Å²) in [4.78, 5) is 6.75. The highest BCUT2D eigenvalue weighted by Gasteiger charge is 2.34. The van der Waals surface area contributed by atoms with E-state index in [0.717, 1.165) is 0 Å². The maximum atomic E-state index is 13.4. The average Bonchev–Trinajstić information content (AvgIpc) is 3.58. The summed E-state index contributed by atoms with van der Waals surface area (Å²) in [7, 11) is -8.90. The van der Waals surface area contributed by atoms with Gasteiger partial charge in [0.1, 0.15) is 15.6 Å². The number of sulfonamides is 2. The maximum Gasteiger partial charge on any atom is 0.242 e. The summed E-state index contributed by atoms with van der Waals surface area (Å²) in [5.74, 6) is 0.515. The fourth-order valence-electron chi connectivity index (χ4n) is 4.51. The number of primary sulfonamides is 1. The Morgan fingerprint density at radius 2 is 1.97 bits per heavy atom. The third-order valence-electron chi connectivity index (χ3n) is 6.01. The van der Waals surface area contributed by atoms with Crippen LogP contribution in [0.3, 0.4) is 0 Å². The Morgan fingerprint density at radius 1 is 1.16 bits per heavy atom. The number of rotatable bonds is 8. The van der Waals surface area contributed by atoms with Crippen molar-refractivity contribution >= 4 is 31.1 Å². The Hall–Kier alpha value is -3.28. The van der Waals surface area contributed by atoms with Gasteiger partial charge in [-0.2, -0.15) is 5.21 Å². The van der Waals surface area contributed by atoms with Crippen molar-refractivity contribution in [2.24, 2.45) is 10.9 Å². The van der Waals surface area contributed by atoms with Gasteiger partial charge in [-0.15, -0.1) is 10.2 Å². The van der Waals surface area contributed by atoms with Gasteiger partial charge in [0.25, 0.3) is 0 Å². The van der Waals surface area contributed by atoms with Crippen LogP contribution in [0.15, 0.2) is 40.1 Å². The summed E-state index contributed by atoms with van der Waals surface area (Å²) in [5.41, 5.74) is 7.89. The van der Waals surface area contributed by atoms with Gasteiger partial charge in [0, 0.05) is 30.6 Å². The fraction of sp³-hybridized carbons (Fsp3) is 0.333. The number of aromatic nitrogens is 6. The standard InChI is InChI=1S/C21H26N10O4S2/c1-11(22)9-17-25-15-4-2-3-14(19(15)26-17)13-5-6-16(37(34,35)29-12-7-8-24-10-12)20(36(23,32)33)18(13)21-27-30-31-28-21/h2-6,11-12,24,29H,7-10,22H2,1H3,(H,25,26)(H2,23,32,33)(H,27,28,30,31)/t11-,12+/m0/s1. The molecule has 0 spiro atoms. The monoisotopic (exact) mass is 546 g/mol. The molecule has 0 aliphatic carbocycles.